The quantitative estimate of drug-likeness (QED) is 0.768. The van der Waals surface area contributed by atoms with Crippen LogP contribution in [0.1, 0.15) is 25.1 Å². The Morgan fingerprint density at radius 3 is 2.93 bits per heavy atom. The first-order valence-electron chi connectivity index (χ1n) is 5.42. The summed E-state index contributed by atoms with van der Waals surface area (Å²) in [6.07, 6.45) is 8.57. The van der Waals surface area contributed by atoms with Gasteiger partial charge in [0.1, 0.15) is 5.82 Å². The Morgan fingerprint density at radius 1 is 1.21 bits per heavy atom. The van der Waals surface area contributed by atoms with E-state index in [1.165, 1.54) is 25.8 Å². The summed E-state index contributed by atoms with van der Waals surface area (Å²) in [7, 11) is 0. The average molecular weight is 191 g/mol. The summed E-state index contributed by atoms with van der Waals surface area (Å²) in [5.74, 6) is 1.77. The second kappa shape index (κ2) is 5.05. The van der Waals surface area contributed by atoms with Crippen LogP contribution in [0.3, 0.4) is 0 Å². The second-order valence-electron chi connectivity index (χ2n) is 3.92. The lowest BCUT2D eigenvalue weighted by atomic mass is 9.97. The lowest BCUT2D eigenvalue weighted by molar-refractivity contribution is 0.459. The van der Waals surface area contributed by atoms with Gasteiger partial charge in [0.05, 0.1) is 0 Å². The van der Waals surface area contributed by atoms with Crippen LogP contribution in [0.25, 0.3) is 0 Å². The molecule has 0 amide bonds. The zero-order valence-corrected chi connectivity index (χ0v) is 8.45. The van der Waals surface area contributed by atoms with E-state index in [0.717, 1.165) is 24.7 Å². The van der Waals surface area contributed by atoms with Crippen LogP contribution in [0.5, 0.6) is 0 Å². The molecule has 0 spiro atoms. The molecule has 1 aliphatic rings. The molecule has 1 N–H and O–H groups in total. The van der Waals surface area contributed by atoms with Gasteiger partial charge in [-0.2, -0.15) is 0 Å². The summed E-state index contributed by atoms with van der Waals surface area (Å²) in [5, 5.41) is 3.42. The monoisotopic (exact) mass is 191 g/mol. The van der Waals surface area contributed by atoms with E-state index >= 15 is 0 Å². The average Bonchev–Trinajstić information content (AvgIpc) is 2.48. The summed E-state index contributed by atoms with van der Waals surface area (Å²) >= 11 is 0. The highest BCUT2D eigenvalue weighted by Crippen LogP contribution is 2.16. The van der Waals surface area contributed by atoms with Crippen LogP contribution in [0.4, 0.5) is 0 Å². The topological polar surface area (TPSA) is 37.8 Å². The van der Waals surface area contributed by atoms with Gasteiger partial charge in [-0.25, -0.2) is 9.97 Å². The van der Waals surface area contributed by atoms with Crippen LogP contribution in [-0.4, -0.2) is 23.1 Å². The van der Waals surface area contributed by atoms with Crippen molar-refractivity contribution in [1.29, 1.82) is 0 Å². The summed E-state index contributed by atoms with van der Waals surface area (Å²) in [4.78, 5) is 8.54. The molecule has 1 fully saturated rings. The molecule has 1 unspecified atom stereocenters. The van der Waals surface area contributed by atoms with Crippen LogP contribution in [0.15, 0.2) is 18.5 Å². The SMILES string of the molecule is c1cnc(CC2CCCNCC2)nc1. The highest BCUT2D eigenvalue weighted by molar-refractivity contribution is 4.90. The summed E-state index contributed by atoms with van der Waals surface area (Å²) in [6.45, 7) is 2.32. The molecule has 1 aromatic heterocycles. The van der Waals surface area contributed by atoms with E-state index in [1.807, 2.05) is 18.5 Å². The van der Waals surface area contributed by atoms with Crippen molar-refractivity contribution >= 4 is 0 Å². The number of nitrogens with zero attached hydrogens (tertiary/aromatic N) is 2. The Kier molecular flexibility index (Phi) is 3.46. The Balaban J connectivity index is 1.90. The van der Waals surface area contributed by atoms with Crippen LogP contribution in [0, 0.1) is 5.92 Å². The lowest BCUT2D eigenvalue weighted by Crippen LogP contribution is -2.14. The molecule has 0 aliphatic carbocycles. The number of aromatic nitrogens is 2. The molecule has 0 aromatic carbocycles. The van der Waals surface area contributed by atoms with Crippen molar-refractivity contribution in [2.24, 2.45) is 5.92 Å². The minimum atomic E-state index is 0.771. The molecule has 2 rings (SSSR count). The number of rotatable bonds is 2. The smallest absolute Gasteiger partial charge is 0.128 e. The van der Waals surface area contributed by atoms with E-state index in [4.69, 9.17) is 0 Å². The van der Waals surface area contributed by atoms with Crippen LogP contribution in [0.2, 0.25) is 0 Å². The molecule has 0 saturated carbocycles. The third-order valence-corrected chi connectivity index (χ3v) is 2.79. The molecule has 2 heterocycles. The van der Waals surface area contributed by atoms with Gasteiger partial charge in [0, 0.05) is 18.8 Å². The number of hydrogen-bond acceptors (Lipinski definition) is 3. The van der Waals surface area contributed by atoms with Crippen molar-refractivity contribution in [3.63, 3.8) is 0 Å². The van der Waals surface area contributed by atoms with E-state index in [2.05, 4.69) is 15.3 Å². The van der Waals surface area contributed by atoms with E-state index in [9.17, 15) is 0 Å². The molecule has 3 heteroatoms. The fourth-order valence-electron chi connectivity index (χ4n) is 1.99. The molecule has 0 radical (unpaired) electrons. The van der Waals surface area contributed by atoms with Gasteiger partial charge in [-0.15, -0.1) is 0 Å². The first-order chi connectivity index (χ1) is 6.95. The van der Waals surface area contributed by atoms with Gasteiger partial charge in [0.2, 0.25) is 0 Å². The maximum Gasteiger partial charge on any atom is 0.128 e. The zero-order chi connectivity index (χ0) is 9.64. The van der Waals surface area contributed by atoms with Gasteiger partial charge in [-0.3, -0.25) is 0 Å². The normalized spacial score (nSPS) is 23.0. The number of hydrogen-bond donors (Lipinski definition) is 1. The van der Waals surface area contributed by atoms with Crippen molar-refractivity contribution in [2.45, 2.75) is 25.7 Å². The maximum absolute atomic E-state index is 4.27. The van der Waals surface area contributed by atoms with Crippen molar-refractivity contribution in [3.8, 4) is 0 Å². The van der Waals surface area contributed by atoms with Crippen LogP contribution >= 0.6 is 0 Å². The molecule has 1 atom stereocenters. The van der Waals surface area contributed by atoms with Crippen LogP contribution in [-0.2, 0) is 6.42 Å². The third-order valence-electron chi connectivity index (χ3n) is 2.79. The molecular weight excluding hydrogens is 174 g/mol. The number of nitrogens with one attached hydrogen (secondary N) is 1. The molecule has 1 aromatic rings. The summed E-state index contributed by atoms with van der Waals surface area (Å²) < 4.78 is 0. The standard InChI is InChI=1S/C11H17N3/c1-3-10(4-8-12-5-1)9-11-13-6-2-7-14-11/h2,6-7,10,12H,1,3-5,8-9H2. The van der Waals surface area contributed by atoms with E-state index in [0.29, 0.717) is 0 Å². The molecule has 1 aliphatic heterocycles. The third kappa shape index (κ3) is 2.77. The van der Waals surface area contributed by atoms with Gasteiger partial charge in [0.15, 0.2) is 0 Å². The van der Waals surface area contributed by atoms with Crippen molar-refractivity contribution in [1.82, 2.24) is 15.3 Å². The fourth-order valence-corrected chi connectivity index (χ4v) is 1.99. The van der Waals surface area contributed by atoms with Crippen molar-refractivity contribution < 1.29 is 0 Å². The Hall–Kier alpha value is -0.960. The van der Waals surface area contributed by atoms with Crippen molar-refractivity contribution in [3.05, 3.63) is 24.3 Å². The van der Waals surface area contributed by atoms with E-state index in [1.54, 1.807) is 0 Å². The zero-order valence-electron chi connectivity index (χ0n) is 8.45. The summed E-state index contributed by atoms with van der Waals surface area (Å²) in [5.41, 5.74) is 0. The van der Waals surface area contributed by atoms with Crippen molar-refractivity contribution in [2.75, 3.05) is 13.1 Å². The molecule has 0 bridgehead atoms. The van der Waals surface area contributed by atoms with Gasteiger partial charge in [-0.05, 0) is 44.3 Å². The highest BCUT2D eigenvalue weighted by atomic mass is 14.9. The van der Waals surface area contributed by atoms with Gasteiger partial charge in [-0.1, -0.05) is 0 Å². The van der Waals surface area contributed by atoms with Crippen LogP contribution < -0.4 is 5.32 Å². The first kappa shape index (κ1) is 9.59. The Bertz CT molecular complexity index is 252. The Labute approximate surface area is 85.0 Å². The van der Waals surface area contributed by atoms with E-state index in [-0.39, 0.29) is 0 Å². The molecule has 76 valence electrons. The molecule has 3 nitrogen and oxygen atoms in total. The van der Waals surface area contributed by atoms with Gasteiger partial charge < -0.3 is 5.32 Å². The Morgan fingerprint density at radius 2 is 2.07 bits per heavy atom. The van der Waals surface area contributed by atoms with Gasteiger partial charge >= 0.3 is 0 Å². The largest absolute Gasteiger partial charge is 0.317 e. The summed E-state index contributed by atoms with van der Waals surface area (Å²) in [6, 6.07) is 1.87. The highest BCUT2D eigenvalue weighted by Gasteiger charge is 2.13. The molecule has 1 saturated heterocycles. The molecule has 14 heavy (non-hydrogen) atoms. The predicted molar refractivity (Wildman–Crippen MR) is 55.9 cm³/mol. The minimum Gasteiger partial charge on any atom is -0.317 e. The first-order valence-corrected chi connectivity index (χ1v) is 5.42. The van der Waals surface area contributed by atoms with Gasteiger partial charge in [0.25, 0.3) is 0 Å². The minimum absolute atomic E-state index is 0.771. The lowest BCUT2D eigenvalue weighted by Gasteiger charge is -2.11. The predicted octanol–water partition coefficient (Wildman–Crippen LogP) is 1.41. The maximum atomic E-state index is 4.27. The second-order valence-corrected chi connectivity index (χ2v) is 3.92. The van der Waals surface area contributed by atoms with E-state index < -0.39 is 0 Å². The molecular formula is C11H17N3. The fraction of sp³-hybridized carbons (Fsp3) is 0.636.